The van der Waals surface area contributed by atoms with Crippen molar-refractivity contribution in [3.8, 4) is 0 Å². The van der Waals surface area contributed by atoms with Crippen molar-refractivity contribution in [3.63, 3.8) is 0 Å². The maximum atomic E-state index is 12.6. The Morgan fingerprint density at radius 3 is 2.29 bits per heavy atom. The van der Waals surface area contributed by atoms with E-state index in [0.717, 1.165) is 25.2 Å². The van der Waals surface area contributed by atoms with Crippen molar-refractivity contribution < 1.29 is 4.79 Å². The highest BCUT2D eigenvalue weighted by Gasteiger charge is 2.22. The van der Waals surface area contributed by atoms with E-state index < -0.39 is 0 Å². The van der Waals surface area contributed by atoms with Crippen molar-refractivity contribution in [1.29, 1.82) is 0 Å². The Bertz CT molecular complexity index is 420. The lowest BCUT2D eigenvalue weighted by atomic mass is 10.1. The van der Waals surface area contributed by atoms with Gasteiger partial charge in [-0.25, -0.2) is 0 Å². The molecule has 1 unspecified atom stereocenters. The highest BCUT2D eigenvalue weighted by atomic mass is 32.1. The molecule has 0 saturated heterocycles. The van der Waals surface area contributed by atoms with E-state index in [0.29, 0.717) is 12.3 Å². The second-order valence-corrected chi connectivity index (χ2v) is 6.81. The van der Waals surface area contributed by atoms with Gasteiger partial charge in [-0.2, -0.15) is 12.6 Å². The number of hydrogen-bond donors (Lipinski definition) is 1. The van der Waals surface area contributed by atoms with Gasteiger partial charge in [0.05, 0.1) is 5.25 Å². The zero-order chi connectivity index (χ0) is 15.8. The van der Waals surface area contributed by atoms with Crippen molar-refractivity contribution >= 4 is 18.5 Å². The number of carbonyl (C=O) groups excluding carboxylic acids is 1. The summed E-state index contributed by atoms with van der Waals surface area (Å²) in [4.78, 5) is 16.7. The van der Waals surface area contributed by atoms with Crippen molar-refractivity contribution in [3.05, 3.63) is 35.9 Å². The molecule has 0 fully saturated rings. The van der Waals surface area contributed by atoms with Gasteiger partial charge in [0.1, 0.15) is 0 Å². The van der Waals surface area contributed by atoms with E-state index >= 15 is 0 Å². The van der Waals surface area contributed by atoms with Crippen LogP contribution in [-0.4, -0.2) is 54.7 Å². The third-order valence-electron chi connectivity index (χ3n) is 3.27. The average Bonchev–Trinajstić information content (AvgIpc) is 2.43. The topological polar surface area (TPSA) is 23.6 Å². The smallest absolute Gasteiger partial charge is 0.235 e. The van der Waals surface area contributed by atoms with Crippen LogP contribution in [0.2, 0.25) is 0 Å². The van der Waals surface area contributed by atoms with Crippen LogP contribution in [0.4, 0.5) is 0 Å². The Hall–Kier alpha value is -1.00. The van der Waals surface area contributed by atoms with Crippen LogP contribution < -0.4 is 0 Å². The molecule has 0 spiro atoms. The van der Waals surface area contributed by atoms with Crippen LogP contribution in [0.15, 0.2) is 30.3 Å². The number of rotatable bonds is 8. The number of thiol groups is 1. The summed E-state index contributed by atoms with van der Waals surface area (Å²) in [5, 5.41) is -0.270. The molecule has 118 valence electrons. The van der Waals surface area contributed by atoms with Crippen LogP contribution in [0, 0.1) is 5.92 Å². The van der Waals surface area contributed by atoms with Crippen LogP contribution in [0.1, 0.15) is 19.4 Å². The van der Waals surface area contributed by atoms with Crippen LogP contribution in [0.25, 0.3) is 0 Å². The van der Waals surface area contributed by atoms with Gasteiger partial charge < -0.3 is 9.80 Å². The summed E-state index contributed by atoms with van der Waals surface area (Å²) in [7, 11) is 4.06. The Morgan fingerprint density at radius 1 is 1.14 bits per heavy atom. The van der Waals surface area contributed by atoms with E-state index in [1.807, 2.05) is 49.3 Å². The highest BCUT2D eigenvalue weighted by molar-refractivity contribution is 7.81. The molecule has 21 heavy (non-hydrogen) atoms. The van der Waals surface area contributed by atoms with E-state index in [-0.39, 0.29) is 11.2 Å². The van der Waals surface area contributed by atoms with Gasteiger partial charge in [0.25, 0.3) is 0 Å². The molecule has 0 radical (unpaired) electrons. The molecule has 0 heterocycles. The van der Waals surface area contributed by atoms with Gasteiger partial charge in [-0.05, 0) is 32.0 Å². The zero-order valence-electron chi connectivity index (χ0n) is 13.6. The maximum Gasteiger partial charge on any atom is 0.235 e. The summed E-state index contributed by atoms with van der Waals surface area (Å²) in [6.45, 7) is 6.71. The SMILES string of the molecule is CC(C)CN(CCN(C)C)C(=O)C(S)Cc1ccccc1. The fourth-order valence-corrected chi connectivity index (χ4v) is 2.56. The summed E-state index contributed by atoms with van der Waals surface area (Å²) in [6, 6.07) is 10.1. The molecule has 0 bridgehead atoms. The summed E-state index contributed by atoms with van der Waals surface area (Å²) in [5.74, 6) is 0.603. The van der Waals surface area contributed by atoms with Gasteiger partial charge in [-0.3, -0.25) is 4.79 Å². The second kappa shape index (κ2) is 9.11. The van der Waals surface area contributed by atoms with Crippen molar-refractivity contribution in [2.75, 3.05) is 33.7 Å². The minimum Gasteiger partial charge on any atom is -0.340 e. The molecule has 0 aromatic heterocycles. The minimum atomic E-state index is -0.270. The first-order valence-corrected chi connectivity index (χ1v) is 8.07. The summed E-state index contributed by atoms with van der Waals surface area (Å²) < 4.78 is 0. The van der Waals surface area contributed by atoms with Gasteiger partial charge in [-0.15, -0.1) is 0 Å². The lowest BCUT2D eigenvalue weighted by Crippen LogP contribution is -2.43. The molecular weight excluding hydrogens is 280 g/mol. The number of nitrogens with zero attached hydrogens (tertiary/aromatic N) is 2. The number of carbonyl (C=O) groups is 1. The van der Waals surface area contributed by atoms with Crippen molar-refractivity contribution in [2.45, 2.75) is 25.5 Å². The largest absolute Gasteiger partial charge is 0.340 e. The quantitative estimate of drug-likeness (QED) is 0.746. The molecular formula is C17H28N2OS. The molecule has 1 aromatic rings. The second-order valence-electron chi connectivity index (χ2n) is 6.19. The van der Waals surface area contributed by atoms with Crippen LogP contribution in [0.3, 0.4) is 0 Å². The highest BCUT2D eigenvalue weighted by Crippen LogP contribution is 2.12. The fraction of sp³-hybridized carbons (Fsp3) is 0.588. The van der Waals surface area contributed by atoms with E-state index in [9.17, 15) is 4.79 Å². The van der Waals surface area contributed by atoms with Crippen LogP contribution >= 0.6 is 12.6 Å². The molecule has 1 amide bonds. The molecule has 1 aromatic carbocycles. The molecule has 3 nitrogen and oxygen atoms in total. The molecule has 4 heteroatoms. The van der Waals surface area contributed by atoms with Crippen LogP contribution in [-0.2, 0) is 11.2 Å². The number of amides is 1. The molecule has 0 saturated carbocycles. The Kier molecular flexibility index (Phi) is 7.83. The number of hydrogen-bond acceptors (Lipinski definition) is 3. The third-order valence-corrected chi connectivity index (χ3v) is 3.67. The average molecular weight is 308 g/mol. The predicted octanol–water partition coefficient (Wildman–Crippen LogP) is 2.57. The fourth-order valence-electron chi connectivity index (χ4n) is 2.19. The Labute approximate surface area is 134 Å². The third kappa shape index (κ3) is 7.00. The summed E-state index contributed by atoms with van der Waals surface area (Å²) >= 11 is 4.54. The monoisotopic (exact) mass is 308 g/mol. The first-order valence-electron chi connectivity index (χ1n) is 7.55. The van der Waals surface area contributed by atoms with E-state index in [1.165, 1.54) is 0 Å². The van der Waals surface area contributed by atoms with E-state index in [4.69, 9.17) is 0 Å². The van der Waals surface area contributed by atoms with Gasteiger partial charge >= 0.3 is 0 Å². The Morgan fingerprint density at radius 2 is 1.76 bits per heavy atom. The van der Waals surface area contributed by atoms with Crippen LogP contribution in [0.5, 0.6) is 0 Å². The summed E-state index contributed by atoms with van der Waals surface area (Å²) in [5.41, 5.74) is 1.16. The van der Waals surface area contributed by atoms with Gasteiger partial charge in [0.2, 0.25) is 5.91 Å². The molecule has 0 N–H and O–H groups in total. The van der Waals surface area contributed by atoms with E-state index in [1.54, 1.807) is 0 Å². The van der Waals surface area contributed by atoms with Crippen molar-refractivity contribution in [2.24, 2.45) is 5.92 Å². The standard InChI is InChI=1S/C17H28N2OS/c1-14(2)13-19(11-10-18(3)4)17(20)16(21)12-15-8-6-5-7-9-15/h5-9,14,16,21H,10-13H2,1-4H3. The van der Waals surface area contributed by atoms with E-state index in [2.05, 4.69) is 31.4 Å². The van der Waals surface area contributed by atoms with Gasteiger partial charge in [0, 0.05) is 19.6 Å². The normalized spacial score (nSPS) is 12.7. The molecule has 1 atom stereocenters. The molecule has 0 aliphatic carbocycles. The number of likely N-dealkylation sites (N-methyl/N-ethyl adjacent to an activating group) is 1. The van der Waals surface area contributed by atoms with Crippen molar-refractivity contribution in [1.82, 2.24) is 9.80 Å². The minimum absolute atomic E-state index is 0.137. The number of benzene rings is 1. The summed E-state index contributed by atoms with van der Waals surface area (Å²) in [6.07, 6.45) is 0.680. The lowest BCUT2D eigenvalue weighted by molar-refractivity contribution is -0.131. The first-order chi connectivity index (χ1) is 9.90. The maximum absolute atomic E-state index is 12.6. The van der Waals surface area contributed by atoms with Gasteiger partial charge in [-0.1, -0.05) is 44.2 Å². The first kappa shape index (κ1) is 18.1. The van der Waals surface area contributed by atoms with Gasteiger partial charge in [0.15, 0.2) is 0 Å². The zero-order valence-corrected chi connectivity index (χ0v) is 14.5. The Balaban J connectivity index is 2.64. The molecule has 0 aliphatic rings. The lowest BCUT2D eigenvalue weighted by Gasteiger charge is -2.28. The molecule has 1 rings (SSSR count). The predicted molar refractivity (Wildman–Crippen MR) is 92.9 cm³/mol. The molecule has 0 aliphatic heterocycles.